The molecule has 0 aromatic heterocycles. The minimum Gasteiger partial charge on any atom is -0.508 e. The molecule has 21 heavy (non-hydrogen) atoms. The number of rotatable bonds is 4. The van der Waals surface area contributed by atoms with Gasteiger partial charge in [-0.25, -0.2) is 9.86 Å². The standard InChI is InChI=1S/C13H19N3O4S/c14-21(19,20)15-8-10-2-1-7-16(9-10)13(18)11-3-5-12(17)6-4-11/h3-6,10,15,17H,1-2,7-9H2,(H2,14,19,20). The summed E-state index contributed by atoms with van der Waals surface area (Å²) in [5.41, 5.74) is 0.507. The molecule has 8 heteroatoms. The van der Waals surface area contributed by atoms with Gasteiger partial charge in [0.15, 0.2) is 0 Å². The Morgan fingerprint density at radius 1 is 1.38 bits per heavy atom. The summed E-state index contributed by atoms with van der Waals surface area (Å²) in [5, 5.41) is 14.1. The van der Waals surface area contributed by atoms with Gasteiger partial charge in [0, 0.05) is 25.2 Å². The van der Waals surface area contributed by atoms with E-state index in [0.29, 0.717) is 18.7 Å². The van der Waals surface area contributed by atoms with Crippen molar-refractivity contribution in [2.24, 2.45) is 11.1 Å². The summed E-state index contributed by atoms with van der Waals surface area (Å²) in [6.07, 6.45) is 1.67. The molecule has 1 atom stereocenters. The predicted molar refractivity (Wildman–Crippen MR) is 77.8 cm³/mol. The van der Waals surface area contributed by atoms with Crippen LogP contribution in [0.1, 0.15) is 23.2 Å². The SMILES string of the molecule is NS(=O)(=O)NCC1CCCN(C(=O)c2ccc(O)cc2)C1. The number of amides is 1. The van der Waals surface area contributed by atoms with Crippen molar-refractivity contribution < 1.29 is 18.3 Å². The van der Waals surface area contributed by atoms with Crippen LogP contribution in [0.3, 0.4) is 0 Å². The van der Waals surface area contributed by atoms with Crippen LogP contribution in [0.15, 0.2) is 24.3 Å². The molecule has 1 fully saturated rings. The van der Waals surface area contributed by atoms with Crippen LogP contribution < -0.4 is 9.86 Å². The number of nitrogens with zero attached hydrogens (tertiary/aromatic N) is 1. The van der Waals surface area contributed by atoms with Crippen molar-refractivity contribution in [3.8, 4) is 5.75 Å². The topological polar surface area (TPSA) is 113 Å². The largest absolute Gasteiger partial charge is 0.508 e. The van der Waals surface area contributed by atoms with E-state index in [1.807, 2.05) is 0 Å². The van der Waals surface area contributed by atoms with Crippen molar-refractivity contribution in [3.05, 3.63) is 29.8 Å². The second-order valence-corrected chi connectivity index (χ2v) is 6.58. The molecule has 1 heterocycles. The summed E-state index contributed by atoms with van der Waals surface area (Å²) < 4.78 is 24.1. The lowest BCUT2D eigenvalue weighted by atomic mass is 9.97. The maximum absolute atomic E-state index is 12.3. The number of benzene rings is 1. The molecule has 4 N–H and O–H groups in total. The van der Waals surface area contributed by atoms with Crippen LogP contribution in [0.25, 0.3) is 0 Å². The number of nitrogens with one attached hydrogen (secondary N) is 1. The van der Waals surface area contributed by atoms with Gasteiger partial charge in [-0.3, -0.25) is 4.79 Å². The van der Waals surface area contributed by atoms with Gasteiger partial charge in [0.05, 0.1) is 0 Å². The second kappa shape index (κ2) is 6.42. The van der Waals surface area contributed by atoms with Gasteiger partial charge >= 0.3 is 0 Å². The fraction of sp³-hybridized carbons (Fsp3) is 0.462. The molecule has 0 radical (unpaired) electrons. The van der Waals surface area contributed by atoms with Crippen LogP contribution in [-0.2, 0) is 10.2 Å². The molecule has 0 spiro atoms. The summed E-state index contributed by atoms with van der Waals surface area (Å²) in [6, 6.07) is 6.09. The first-order valence-electron chi connectivity index (χ1n) is 6.71. The van der Waals surface area contributed by atoms with E-state index in [-0.39, 0.29) is 24.1 Å². The number of nitrogens with two attached hydrogens (primary N) is 1. The fourth-order valence-electron chi connectivity index (χ4n) is 2.44. The maximum atomic E-state index is 12.3. The molecular weight excluding hydrogens is 294 g/mol. The highest BCUT2D eigenvalue weighted by Crippen LogP contribution is 2.19. The molecule has 1 aliphatic rings. The minimum absolute atomic E-state index is 0.0538. The molecule has 0 saturated carbocycles. The lowest BCUT2D eigenvalue weighted by Gasteiger charge is -2.32. The number of phenols is 1. The molecule has 1 aliphatic heterocycles. The van der Waals surface area contributed by atoms with E-state index in [2.05, 4.69) is 4.72 Å². The van der Waals surface area contributed by atoms with E-state index in [1.54, 1.807) is 17.0 Å². The average Bonchev–Trinajstić information content (AvgIpc) is 2.45. The first-order valence-corrected chi connectivity index (χ1v) is 8.25. The number of carbonyl (C=O) groups is 1. The molecule has 1 amide bonds. The Balaban J connectivity index is 1.97. The van der Waals surface area contributed by atoms with Gasteiger partial charge in [0.2, 0.25) is 0 Å². The molecule has 1 unspecified atom stereocenters. The van der Waals surface area contributed by atoms with Crippen molar-refractivity contribution in [2.45, 2.75) is 12.8 Å². The number of hydrogen-bond acceptors (Lipinski definition) is 4. The van der Waals surface area contributed by atoms with Gasteiger partial charge in [0.25, 0.3) is 16.1 Å². The first kappa shape index (κ1) is 15.7. The zero-order valence-corrected chi connectivity index (χ0v) is 12.3. The Hall–Kier alpha value is -1.64. The van der Waals surface area contributed by atoms with Gasteiger partial charge in [-0.1, -0.05) is 0 Å². The first-order chi connectivity index (χ1) is 9.85. The van der Waals surface area contributed by atoms with E-state index in [0.717, 1.165) is 12.8 Å². The maximum Gasteiger partial charge on any atom is 0.274 e. The highest BCUT2D eigenvalue weighted by Gasteiger charge is 2.25. The third-order valence-electron chi connectivity index (χ3n) is 3.49. The van der Waals surface area contributed by atoms with Crippen molar-refractivity contribution >= 4 is 16.1 Å². The Morgan fingerprint density at radius 3 is 2.67 bits per heavy atom. The molecule has 0 bridgehead atoms. The lowest BCUT2D eigenvalue weighted by Crippen LogP contribution is -2.44. The summed E-state index contributed by atoms with van der Waals surface area (Å²) in [7, 11) is -3.70. The number of aromatic hydroxyl groups is 1. The van der Waals surface area contributed by atoms with E-state index in [9.17, 15) is 18.3 Å². The molecule has 116 valence electrons. The number of carbonyl (C=O) groups excluding carboxylic acids is 1. The lowest BCUT2D eigenvalue weighted by molar-refractivity contribution is 0.0676. The normalized spacial score (nSPS) is 19.5. The Bertz CT molecular complexity index is 600. The van der Waals surface area contributed by atoms with E-state index in [4.69, 9.17) is 5.14 Å². The van der Waals surface area contributed by atoms with Gasteiger partial charge in [-0.15, -0.1) is 0 Å². The molecule has 1 aromatic rings. The summed E-state index contributed by atoms with van der Waals surface area (Å²) >= 11 is 0. The third kappa shape index (κ3) is 4.69. The highest BCUT2D eigenvalue weighted by atomic mass is 32.2. The van der Waals surface area contributed by atoms with Crippen LogP contribution in [0.5, 0.6) is 5.75 Å². The zero-order valence-electron chi connectivity index (χ0n) is 11.5. The number of piperidine rings is 1. The van der Waals surface area contributed by atoms with E-state index >= 15 is 0 Å². The highest BCUT2D eigenvalue weighted by molar-refractivity contribution is 7.87. The molecular formula is C13H19N3O4S. The minimum atomic E-state index is -3.70. The fourth-order valence-corrected chi connectivity index (χ4v) is 2.90. The average molecular weight is 313 g/mol. The smallest absolute Gasteiger partial charge is 0.274 e. The number of likely N-dealkylation sites (tertiary alicyclic amines) is 1. The van der Waals surface area contributed by atoms with Gasteiger partial charge in [0.1, 0.15) is 5.75 Å². The summed E-state index contributed by atoms with van der Waals surface area (Å²) in [5.74, 6) is 0.0499. The Morgan fingerprint density at radius 2 is 2.05 bits per heavy atom. The van der Waals surface area contributed by atoms with E-state index < -0.39 is 10.2 Å². The van der Waals surface area contributed by atoms with E-state index in [1.165, 1.54) is 12.1 Å². The number of hydrogen-bond donors (Lipinski definition) is 3. The molecule has 7 nitrogen and oxygen atoms in total. The quantitative estimate of drug-likeness (QED) is 0.728. The molecule has 2 rings (SSSR count). The molecule has 0 aliphatic carbocycles. The van der Waals surface area contributed by atoms with Crippen molar-refractivity contribution in [1.82, 2.24) is 9.62 Å². The Kier molecular flexibility index (Phi) is 4.81. The van der Waals surface area contributed by atoms with Crippen LogP contribution in [-0.4, -0.2) is 44.0 Å². The van der Waals surface area contributed by atoms with Crippen LogP contribution >= 0.6 is 0 Å². The van der Waals surface area contributed by atoms with Crippen molar-refractivity contribution in [2.75, 3.05) is 19.6 Å². The molecule has 1 aromatic carbocycles. The monoisotopic (exact) mass is 313 g/mol. The van der Waals surface area contributed by atoms with Crippen molar-refractivity contribution in [1.29, 1.82) is 0 Å². The number of phenolic OH excluding ortho intramolecular Hbond substituents is 1. The summed E-state index contributed by atoms with van der Waals surface area (Å²) in [4.78, 5) is 14.0. The van der Waals surface area contributed by atoms with Gasteiger partial charge < -0.3 is 10.0 Å². The molecule has 1 saturated heterocycles. The van der Waals surface area contributed by atoms with Crippen LogP contribution in [0, 0.1) is 5.92 Å². The summed E-state index contributed by atoms with van der Waals surface area (Å²) in [6.45, 7) is 1.37. The second-order valence-electron chi connectivity index (χ2n) is 5.20. The van der Waals surface area contributed by atoms with Crippen LogP contribution in [0.4, 0.5) is 0 Å². The predicted octanol–water partition coefficient (Wildman–Crippen LogP) is 0.0375. The van der Waals surface area contributed by atoms with Gasteiger partial charge in [-0.2, -0.15) is 8.42 Å². The van der Waals surface area contributed by atoms with Crippen molar-refractivity contribution in [3.63, 3.8) is 0 Å². The zero-order chi connectivity index (χ0) is 15.5. The van der Waals surface area contributed by atoms with Gasteiger partial charge in [-0.05, 0) is 43.0 Å². The third-order valence-corrected chi connectivity index (χ3v) is 4.06. The van der Waals surface area contributed by atoms with Crippen LogP contribution in [0.2, 0.25) is 0 Å². The Labute approximate surface area is 123 Å².